The maximum atomic E-state index is 13.4. The first-order valence-corrected chi connectivity index (χ1v) is 8.56. The molecule has 0 spiro atoms. The molecule has 24 heavy (non-hydrogen) atoms. The van der Waals surface area contributed by atoms with Gasteiger partial charge in [-0.25, -0.2) is 9.18 Å². The van der Waals surface area contributed by atoms with Gasteiger partial charge in [-0.2, -0.15) is 0 Å². The summed E-state index contributed by atoms with van der Waals surface area (Å²) in [6.45, 7) is 0.870. The number of hydrogen-bond donors (Lipinski definition) is 2. The van der Waals surface area contributed by atoms with E-state index < -0.39 is 11.8 Å². The number of carbonyl (C=O) groups is 2. The topological polar surface area (TPSA) is 69.6 Å². The number of nitrogens with one attached hydrogen (secondary N) is 1. The first kappa shape index (κ1) is 17.0. The van der Waals surface area contributed by atoms with Crippen LogP contribution < -0.4 is 5.32 Å². The minimum Gasteiger partial charge on any atom is -0.481 e. The Balaban J connectivity index is 1.65. The Labute approximate surface area is 144 Å². The van der Waals surface area contributed by atoms with E-state index in [2.05, 4.69) is 5.32 Å². The van der Waals surface area contributed by atoms with Crippen molar-refractivity contribution in [3.05, 3.63) is 34.6 Å². The molecule has 1 atom stereocenters. The van der Waals surface area contributed by atoms with Crippen LogP contribution in [0.15, 0.2) is 18.2 Å². The van der Waals surface area contributed by atoms with Gasteiger partial charge in [0.05, 0.1) is 17.0 Å². The van der Waals surface area contributed by atoms with Crippen molar-refractivity contribution < 1.29 is 19.1 Å². The lowest BCUT2D eigenvalue weighted by Crippen LogP contribution is -2.46. The Hall–Kier alpha value is -1.82. The third-order valence-electron chi connectivity index (χ3n) is 4.81. The van der Waals surface area contributed by atoms with Crippen LogP contribution in [0.3, 0.4) is 0 Å². The highest BCUT2D eigenvalue weighted by atomic mass is 35.5. The highest BCUT2D eigenvalue weighted by Crippen LogP contribution is 2.41. The number of halogens is 2. The second-order valence-corrected chi connectivity index (χ2v) is 6.94. The van der Waals surface area contributed by atoms with Gasteiger partial charge in [-0.3, -0.25) is 4.79 Å². The average molecular weight is 355 g/mol. The lowest BCUT2D eigenvalue weighted by Gasteiger charge is -2.32. The fourth-order valence-electron chi connectivity index (χ4n) is 3.16. The third-order valence-corrected chi connectivity index (χ3v) is 5.10. The van der Waals surface area contributed by atoms with Crippen LogP contribution in [-0.4, -0.2) is 35.1 Å². The number of nitrogens with zero attached hydrogens (tertiary/aromatic N) is 1. The molecule has 0 bridgehead atoms. The van der Waals surface area contributed by atoms with E-state index in [0.717, 1.165) is 18.4 Å². The van der Waals surface area contributed by atoms with Crippen LogP contribution in [0.1, 0.15) is 37.3 Å². The van der Waals surface area contributed by atoms with Gasteiger partial charge in [0, 0.05) is 13.1 Å². The van der Waals surface area contributed by atoms with E-state index in [0.29, 0.717) is 31.8 Å². The van der Waals surface area contributed by atoms with Crippen LogP contribution in [-0.2, 0) is 4.79 Å². The van der Waals surface area contributed by atoms with Crippen molar-refractivity contribution in [2.24, 2.45) is 11.8 Å². The maximum absolute atomic E-state index is 13.4. The molecule has 3 rings (SSSR count). The molecule has 2 aliphatic rings. The van der Waals surface area contributed by atoms with E-state index >= 15 is 0 Å². The predicted octanol–water partition coefficient (Wildman–Crippen LogP) is 3.44. The molecule has 2 amide bonds. The molecule has 1 heterocycles. The van der Waals surface area contributed by atoms with Crippen molar-refractivity contribution in [1.29, 1.82) is 0 Å². The number of likely N-dealkylation sites (tertiary alicyclic amines) is 1. The molecule has 2 fully saturated rings. The molecular formula is C17H20ClFN2O3. The van der Waals surface area contributed by atoms with Gasteiger partial charge in [0.15, 0.2) is 0 Å². The highest BCUT2D eigenvalue weighted by molar-refractivity contribution is 6.30. The fourth-order valence-corrected chi connectivity index (χ4v) is 3.35. The largest absolute Gasteiger partial charge is 0.481 e. The first-order valence-electron chi connectivity index (χ1n) is 8.19. The summed E-state index contributed by atoms with van der Waals surface area (Å²) < 4.78 is 13.4. The Morgan fingerprint density at radius 3 is 2.46 bits per heavy atom. The molecule has 1 aromatic rings. The average Bonchev–Trinajstić information content (AvgIpc) is 3.40. The molecule has 5 nitrogen and oxygen atoms in total. The molecule has 1 aliphatic heterocycles. The number of carboxylic acids is 1. The zero-order valence-corrected chi connectivity index (χ0v) is 13.9. The van der Waals surface area contributed by atoms with Gasteiger partial charge in [-0.15, -0.1) is 0 Å². The van der Waals surface area contributed by atoms with Crippen LogP contribution in [0.4, 0.5) is 9.18 Å². The van der Waals surface area contributed by atoms with Crippen LogP contribution in [0, 0.1) is 17.7 Å². The summed E-state index contributed by atoms with van der Waals surface area (Å²) in [7, 11) is 0. The molecule has 1 saturated heterocycles. The summed E-state index contributed by atoms with van der Waals surface area (Å²) in [5.74, 6) is -1.31. The second-order valence-electron chi connectivity index (χ2n) is 6.54. The molecule has 0 aromatic heterocycles. The normalized spacial score (nSPS) is 19.8. The van der Waals surface area contributed by atoms with Crippen LogP contribution in [0.25, 0.3) is 0 Å². The molecule has 2 N–H and O–H groups in total. The summed E-state index contributed by atoms with van der Waals surface area (Å²) in [4.78, 5) is 25.1. The van der Waals surface area contributed by atoms with E-state index in [1.807, 2.05) is 0 Å². The van der Waals surface area contributed by atoms with Crippen LogP contribution >= 0.6 is 11.6 Å². The predicted molar refractivity (Wildman–Crippen MR) is 87.3 cm³/mol. The molecule has 1 aromatic carbocycles. The third kappa shape index (κ3) is 3.80. The van der Waals surface area contributed by atoms with Crippen molar-refractivity contribution >= 4 is 23.6 Å². The first-order chi connectivity index (χ1) is 11.5. The van der Waals surface area contributed by atoms with Crippen LogP contribution in [0.5, 0.6) is 0 Å². The molecule has 1 saturated carbocycles. The Kier molecular flexibility index (Phi) is 4.94. The summed E-state index contributed by atoms with van der Waals surface area (Å²) >= 11 is 5.86. The minimum atomic E-state index is -0.799. The fraction of sp³-hybridized carbons (Fsp3) is 0.529. The Morgan fingerprint density at radius 2 is 1.92 bits per heavy atom. The van der Waals surface area contributed by atoms with Gasteiger partial charge in [-0.1, -0.05) is 17.7 Å². The van der Waals surface area contributed by atoms with Gasteiger partial charge in [0.2, 0.25) is 0 Å². The number of urea groups is 1. The summed E-state index contributed by atoms with van der Waals surface area (Å²) in [5.41, 5.74) is 0.803. The number of aliphatic carboxylic acids is 1. The van der Waals surface area contributed by atoms with Gasteiger partial charge in [0.1, 0.15) is 5.82 Å². The van der Waals surface area contributed by atoms with Crippen molar-refractivity contribution in [1.82, 2.24) is 10.2 Å². The molecule has 7 heteroatoms. The quantitative estimate of drug-likeness (QED) is 0.870. The number of carbonyl (C=O) groups excluding carboxylic acids is 1. The Bertz CT molecular complexity index is 643. The lowest BCUT2D eigenvalue weighted by molar-refractivity contribution is -0.143. The molecule has 1 unspecified atom stereocenters. The van der Waals surface area contributed by atoms with E-state index in [-0.39, 0.29) is 23.0 Å². The van der Waals surface area contributed by atoms with Crippen molar-refractivity contribution in [3.63, 3.8) is 0 Å². The lowest BCUT2D eigenvalue weighted by atomic mass is 9.97. The van der Waals surface area contributed by atoms with Crippen molar-refractivity contribution in [3.8, 4) is 0 Å². The van der Waals surface area contributed by atoms with E-state index in [1.165, 1.54) is 6.07 Å². The van der Waals surface area contributed by atoms with Crippen LogP contribution in [0.2, 0.25) is 5.02 Å². The molecule has 1 aliphatic carbocycles. The molecule has 130 valence electrons. The smallest absolute Gasteiger partial charge is 0.317 e. The van der Waals surface area contributed by atoms with Gasteiger partial charge in [-0.05, 0) is 49.3 Å². The monoisotopic (exact) mass is 354 g/mol. The number of hydrogen-bond acceptors (Lipinski definition) is 2. The second kappa shape index (κ2) is 6.97. The standard InChI is InChI=1S/C17H20ClFN2O3/c18-13-9-12(3-4-14(13)19)15(10-1-2-10)20-17(24)21-7-5-11(6-8-21)16(22)23/h3-4,9-11,15H,1-2,5-8H2,(H,20,24)(H,22,23). The summed E-state index contributed by atoms with van der Waals surface area (Å²) in [5, 5.41) is 12.1. The SMILES string of the molecule is O=C(O)C1CCN(C(=O)NC(c2ccc(F)c(Cl)c2)C2CC2)CC1. The van der Waals surface area contributed by atoms with E-state index in [9.17, 15) is 14.0 Å². The maximum Gasteiger partial charge on any atom is 0.317 e. The van der Waals surface area contributed by atoms with E-state index in [4.69, 9.17) is 16.7 Å². The van der Waals surface area contributed by atoms with Gasteiger partial charge >= 0.3 is 12.0 Å². The molecular weight excluding hydrogens is 335 g/mol. The van der Waals surface area contributed by atoms with Gasteiger partial charge in [0.25, 0.3) is 0 Å². The van der Waals surface area contributed by atoms with E-state index in [1.54, 1.807) is 17.0 Å². The molecule has 0 radical (unpaired) electrons. The zero-order chi connectivity index (χ0) is 17.3. The summed E-state index contributed by atoms with van der Waals surface area (Å²) in [6, 6.07) is 4.15. The van der Waals surface area contributed by atoms with Crippen molar-refractivity contribution in [2.75, 3.05) is 13.1 Å². The minimum absolute atomic E-state index is 0.0506. The number of rotatable bonds is 4. The Morgan fingerprint density at radius 1 is 1.25 bits per heavy atom. The number of benzene rings is 1. The number of amides is 2. The highest BCUT2D eigenvalue weighted by Gasteiger charge is 2.35. The number of piperidine rings is 1. The summed E-state index contributed by atoms with van der Waals surface area (Å²) in [6.07, 6.45) is 2.97. The van der Waals surface area contributed by atoms with Crippen molar-refractivity contribution in [2.45, 2.75) is 31.7 Å². The number of carboxylic acid groups (broad SMARTS) is 1. The van der Waals surface area contributed by atoms with Gasteiger partial charge < -0.3 is 15.3 Å². The zero-order valence-electron chi connectivity index (χ0n) is 13.2.